The molecule has 0 saturated heterocycles. The van der Waals surface area contributed by atoms with Gasteiger partial charge in [0.2, 0.25) is 5.91 Å². The number of carbonyl (C=O) groups excluding carboxylic acids is 2. The molecule has 32 heavy (non-hydrogen) atoms. The maximum atomic E-state index is 11.7. The molecule has 3 amide bonds. The van der Waals surface area contributed by atoms with Crippen LogP contribution in [0.15, 0.2) is 0 Å². The number of hydrogen-bond acceptors (Lipinski definition) is 6. The van der Waals surface area contributed by atoms with Crippen molar-refractivity contribution in [1.29, 1.82) is 0 Å². The first kappa shape index (κ1) is 29.8. The van der Waals surface area contributed by atoms with Gasteiger partial charge in [0.1, 0.15) is 6.29 Å². The van der Waals surface area contributed by atoms with Gasteiger partial charge in [0.15, 0.2) is 0 Å². The number of rotatable bonds is 20. The predicted octanol–water partition coefficient (Wildman–Crippen LogP) is 3.21. The van der Waals surface area contributed by atoms with Crippen molar-refractivity contribution in [2.24, 2.45) is 0 Å². The third-order valence-electron chi connectivity index (χ3n) is 5.21. The van der Waals surface area contributed by atoms with E-state index in [9.17, 15) is 19.2 Å². The smallest absolute Gasteiger partial charge is 0.411 e. The van der Waals surface area contributed by atoms with Crippen molar-refractivity contribution >= 4 is 24.4 Å². The van der Waals surface area contributed by atoms with Gasteiger partial charge in [-0.05, 0) is 33.2 Å². The van der Waals surface area contributed by atoms with Crippen molar-refractivity contribution in [2.45, 2.75) is 109 Å². The lowest BCUT2D eigenvalue weighted by Gasteiger charge is -2.22. The van der Waals surface area contributed by atoms with Crippen molar-refractivity contribution in [3.63, 3.8) is 0 Å². The molecule has 3 atom stereocenters. The molecule has 0 aromatic carbocycles. The third-order valence-corrected chi connectivity index (χ3v) is 5.21. The van der Waals surface area contributed by atoms with Gasteiger partial charge in [-0.25, -0.2) is 9.59 Å². The van der Waals surface area contributed by atoms with Gasteiger partial charge in [-0.2, -0.15) is 0 Å². The Morgan fingerprint density at radius 2 is 1.28 bits per heavy atom. The van der Waals surface area contributed by atoms with Crippen LogP contribution < -0.4 is 21.3 Å². The summed E-state index contributed by atoms with van der Waals surface area (Å²) in [6, 6.07) is -0.890. The molecule has 0 heterocycles. The number of carbonyl (C=O) groups is 4. The molecule has 0 rings (SSSR count). The lowest BCUT2D eigenvalue weighted by Crippen LogP contribution is -2.53. The molecule has 0 fully saturated rings. The van der Waals surface area contributed by atoms with Gasteiger partial charge in [-0.1, -0.05) is 64.2 Å². The predicted molar refractivity (Wildman–Crippen MR) is 123 cm³/mol. The monoisotopic (exact) mass is 458 g/mol. The second-order valence-electron chi connectivity index (χ2n) is 8.24. The van der Waals surface area contributed by atoms with Gasteiger partial charge < -0.3 is 25.6 Å². The summed E-state index contributed by atoms with van der Waals surface area (Å²) < 4.78 is 0. The molecule has 0 spiro atoms. The largest absolute Gasteiger partial charge is 0.465 e. The summed E-state index contributed by atoms with van der Waals surface area (Å²) in [5, 5.41) is 27.6. The number of nitrogens with one attached hydrogen (secondary N) is 4. The van der Waals surface area contributed by atoms with Crippen LogP contribution >= 0.6 is 0 Å². The minimum Gasteiger partial charge on any atom is -0.465 e. The van der Waals surface area contributed by atoms with Gasteiger partial charge in [-0.15, -0.1) is 0 Å². The van der Waals surface area contributed by atoms with Crippen molar-refractivity contribution < 1.29 is 29.4 Å². The normalized spacial score (nSPS) is 13.7. The summed E-state index contributed by atoms with van der Waals surface area (Å²) in [5.41, 5.74) is 0. The highest BCUT2D eigenvalue weighted by Gasteiger charge is 2.20. The van der Waals surface area contributed by atoms with E-state index in [-0.39, 0.29) is 6.04 Å². The highest BCUT2D eigenvalue weighted by Crippen LogP contribution is 2.12. The van der Waals surface area contributed by atoms with Crippen LogP contribution in [0.25, 0.3) is 0 Å². The first-order chi connectivity index (χ1) is 15.3. The first-order valence-electron chi connectivity index (χ1n) is 11.7. The van der Waals surface area contributed by atoms with Crippen LogP contribution in [0.1, 0.15) is 90.9 Å². The summed E-state index contributed by atoms with van der Waals surface area (Å²) in [4.78, 5) is 43.6. The molecule has 6 N–H and O–H groups in total. The number of aldehydes is 1. The fourth-order valence-corrected chi connectivity index (χ4v) is 3.38. The van der Waals surface area contributed by atoms with E-state index in [1.165, 1.54) is 45.4 Å². The topological polar surface area (TPSA) is 157 Å². The Bertz CT molecular complexity index is 547. The zero-order chi connectivity index (χ0) is 24.2. The fraction of sp³-hybridized carbons (Fsp3) is 0.818. The number of unbranched alkanes of at least 4 members (excludes halogenated alkanes) is 10. The Labute approximate surface area is 191 Å². The van der Waals surface area contributed by atoms with Crippen molar-refractivity contribution in [2.75, 3.05) is 6.54 Å². The van der Waals surface area contributed by atoms with E-state index in [2.05, 4.69) is 16.0 Å². The van der Waals surface area contributed by atoms with E-state index in [4.69, 9.17) is 10.2 Å². The van der Waals surface area contributed by atoms with Crippen LogP contribution in [-0.2, 0) is 9.59 Å². The molecule has 0 aromatic rings. The lowest BCUT2D eigenvalue weighted by atomic mass is 10.0. The minimum atomic E-state index is -1.44. The molecule has 0 radical (unpaired) electrons. The molecule has 10 nitrogen and oxygen atoms in total. The lowest BCUT2D eigenvalue weighted by molar-refractivity contribution is -0.122. The molecule has 0 bridgehead atoms. The number of carboxylic acid groups (broad SMARTS) is 2. The summed E-state index contributed by atoms with van der Waals surface area (Å²) in [5.74, 6) is -0.723. The van der Waals surface area contributed by atoms with Crippen LogP contribution in [0.3, 0.4) is 0 Å². The molecule has 186 valence electrons. The Morgan fingerprint density at radius 1 is 0.781 bits per heavy atom. The average molecular weight is 459 g/mol. The molecule has 0 aliphatic carbocycles. The van der Waals surface area contributed by atoms with Gasteiger partial charge in [0, 0.05) is 0 Å². The first-order valence-corrected chi connectivity index (χ1v) is 11.7. The molecular formula is C22H42N4O6. The molecule has 2 unspecified atom stereocenters. The van der Waals surface area contributed by atoms with E-state index < -0.39 is 30.3 Å². The van der Waals surface area contributed by atoms with Gasteiger partial charge in [-0.3, -0.25) is 15.4 Å². The average Bonchev–Trinajstić information content (AvgIpc) is 2.72. The standard InChI is InChI=1S/C22H42N4O6/c1-17(16-27)23-15-13-11-9-7-5-3-4-6-8-10-12-14-19(25-21(29)30)24-18(2)20(28)26-22(31)32/h16-19,23-25H,3-15H2,1-2H3,(H,26,28)(H,29,30)(H,31,32)/t17?,18-,19?/m0/s1. The Balaban J connectivity index is 3.73. The zero-order valence-corrected chi connectivity index (χ0v) is 19.5. The summed E-state index contributed by atoms with van der Waals surface area (Å²) in [7, 11) is 0. The minimum absolute atomic E-state index is 0.0561. The molecule has 0 aliphatic rings. The Kier molecular flexibility index (Phi) is 18.1. The maximum Gasteiger partial charge on any atom is 0.411 e. The second kappa shape index (κ2) is 19.5. The van der Waals surface area contributed by atoms with Crippen LogP contribution in [-0.4, -0.2) is 59.4 Å². The van der Waals surface area contributed by atoms with E-state index in [1.807, 2.05) is 6.92 Å². The number of amides is 3. The second-order valence-corrected chi connectivity index (χ2v) is 8.24. The summed E-state index contributed by atoms with van der Waals surface area (Å²) >= 11 is 0. The summed E-state index contributed by atoms with van der Waals surface area (Å²) in [6.45, 7) is 4.24. The molecular weight excluding hydrogens is 416 g/mol. The van der Waals surface area contributed by atoms with E-state index >= 15 is 0 Å². The SMILES string of the molecule is CC(C=O)NCCCCCCCCCCCCCC(NC(=O)O)N[C@@H](C)C(=O)NC(=O)O. The maximum absolute atomic E-state index is 11.7. The quantitative estimate of drug-likeness (QED) is 0.0922. The van der Waals surface area contributed by atoms with Crippen molar-refractivity contribution in [3.05, 3.63) is 0 Å². The van der Waals surface area contributed by atoms with Gasteiger partial charge >= 0.3 is 12.2 Å². The van der Waals surface area contributed by atoms with Crippen LogP contribution in [0.2, 0.25) is 0 Å². The van der Waals surface area contributed by atoms with Gasteiger partial charge in [0.25, 0.3) is 0 Å². The van der Waals surface area contributed by atoms with E-state index in [0.29, 0.717) is 6.42 Å². The van der Waals surface area contributed by atoms with Crippen molar-refractivity contribution in [3.8, 4) is 0 Å². The molecule has 0 aliphatic heterocycles. The van der Waals surface area contributed by atoms with Crippen molar-refractivity contribution in [1.82, 2.24) is 21.3 Å². The fourth-order valence-electron chi connectivity index (χ4n) is 3.38. The van der Waals surface area contributed by atoms with Gasteiger partial charge in [0.05, 0.1) is 18.2 Å². The van der Waals surface area contributed by atoms with Crippen LogP contribution in [0.5, 0.6) is 0 Å². The Hall–Kier alpha value is -2.20. The van der Waals surface area contributed by atoms with E-state index in [1.54, 1.807) is 5.32 Å². The number of imide groups is 1. The van der Waals surface area contributed by atoms with Crippen LogP contribution in [0.4, 0.5) is 9.59 Å². The number of hydrogen-bond donors (Lipinski definition) is 6. The zero-order valence-electron chi connectivity index (χ0n) is 19.5. The molecule has 0 aromatic heterocycles. The molecule has 0 saturated carbocycles. The van der Waals surface area contributed by atoms with E-state index in [0.717, 1.165) is 44.9 Å². The molecule has 10 heteroatoms. The highest BCUT2D eigenvalue weighted by molar-refractivity contribution is 5.93. The Morgan fingerprint density at radius 3 is 1.75 bits per heavy atom. The summed E-state index contributed by atoms with van der Waals surface area (Å²) in [6.07, 6.45) is 10.6. The highest BCUT2D eigenvalue weighted by atomic mass is 16.4. The third kappa shape index (κ3) is 18.6. The van der Waals surface area contributed by atoms with Crippen LogP contribution in [0, 0.1) is 0 Å².